The van der Waals surface area contributed by atoms with Crippen LogP contribution in [-0.4, -0.2) is 67.9 Å². The lowest BCUT2D eigenvalue weighted by atomic mass is 10.0. The molecule has 2 aromatic carbocycles. The molecule has 7 heteroatoms. The Morgan fingerprint density at radius 3 is 1.57 bits per heavy atom. The molecule has 0 atom stereocenters. The predicted octanol–water partition coefficient (Wildman–Crippen LogP) is 5.50. The Hall–Kier alpha value is -2.22. The van der Waals surface area contributed by atoms with Crippen molar-refractivity contribution in [2.24, 2.45) is 0 Å². The number of aryl methyl sites for hydroxylation is 4. The summed E-state index contributed by atoms with van der Waals surface area (Å²) in [7, 11) is 0. The van der Waals surface area contributed by atoms with Crippen LogP contribution in [0.4, 0.5) is 0 Å². The Balaban J connectivity index is 0.000000258. The lowest BCUT2D eigenvalue weighted by Gasteiger charge is -2.26. The van der Waals surface area contributed by atoms with Crippen LogP contribution in [0.2, 0.25) is 0 Å². The number of hydrogen-bond donors (Lipinski definition) is 0. The summed E-state index contributed by atoms with van der Waals surface area (Å²) in [6, 6.07) is 7.55. The maximum atomic E-state index is 11.4. The van der Waals surface area contributed by atoms with Gasteiger partial charge in [-0.1, -0.05) is 15.9 Å². The van der Waals surface area contributed by atoms with E-state index in [1.54, 1.807) is 13.8 Å². The molecule has 2 aromatic rings. The zero-order valence-corrected chi connectivity index (χ0v) is 23.4. The van der Waals surface area contributed by atoms with Crippen LogP contribution < -0.4 is 9.47 Å². The van der Waals surface area contributed by atoms with E-state index in [1.165, 1.54) is 0 Å². The molecule has 0 saturated carbocycles. The summed E-state index contributed by atoms with van der Waals surface area (Å²) in [5.74, 6) is 1.98. The van der Waals surface area contributed by atoms with Gasteiger partial charge in [0.05, 0.1) is 19.8 Å². The molecule has 1 heterocycles. The summed E-state index contributed by atoms with van der Waals surface area (Å²) in [6.07, 6.45) is 0. The average Bonchev–Trinajstić information content (AvgIpc) is 2.81. The van der Waals surface area contributed by atoms with Crippen LogP contribution >= 0.6 is 15.9 Å². The van der Waals surface area contributed by atoms with Crippen molar-refractivity contribution in [2.75, 3.05) is 51.4 Å². The molecule has 192 valence electrons. The molecule has 0 aliphatic carbocycles. The summed E-state index contributed by atoms with van der Waals surface area (Å²) in [4.78, 5) is 25.0. The van der Waals surface area contributed by atoms with Gasteiger partial charge in [-0.05, 0) is 88.1 Å². The van der Waals surface area contributed by atoms with Crippen LogP contribution in [0.1, 0.15) is 56.8 Å². The van der Waals surface area contributed by atoms with E-state index < -0.39 is 0 Å². The number of carbonyl (C=O) groups excluding carboxylic acids is 2. The van der Waals surface area contributed by atoms with Crippen molar-refractivity contribution in [2.45, 2.75) is 41.5 Å². The number of rotatable bonds is 9. The third-order valence-corrected chi connectivity index (χ3v) is 6.14. The molecular weight excluding hydrogens is 510 g/mol. The minimum absolute atomic E-state index is 0.0910. The van der Waals surface area contributed by atoms with E-state index in [0.717, 1.165) is 83.1 Å². The number of benzene rings is 2. The van der Waals surface area contributed by atoms with Crippen LogP contribution in [0, 0.1) is 27.7 Å². The Bertz CT molecular complexity index is 968. The predicted molar refractivity (Wildman–Crippen MR) is 144 cm³/mol. The average molecular weight is 549 g/mol. The summed E-state index contributed by atoms with van der Waals surface area (Å²) >= 11 is 3.31. The Labute approximate surface area is 218 Å². The Morgan fingerprint density at radius 2 is 1.20 bits per heavy atom. The van der Waals surface area contributed by atoms with E-state index in [-0.39, 0.29) is 11.6 Å². The van der Waals surface area contributed by atoms with Crippen LogP contribution in [0.5, 0.6) is 11.5 Å². The van der Waals surface area contributed by atoms with Crippen molar-refractivity contribution in [3.05, 3.63) is 57.6 Å². The molecule has 0 N–H and O–H groups in total. The quantitative estimate of drug-likeness (QED) is 0.305. The Kier molecular flexibility index (Phi) is 11.9. The van der Waals surface area contributed by atoms with Crippen LogP contribution in [-0.2, 0) is 4.74 Å². The fourth-order valence-electron chi connectivity index (χ4n) is 4.00. The minimum Gasteiger partial charge on any atom is -0.492 e. The largest absolute Gasteiger partial charge is 0.492 e. The number of ether oxygens (including phenoxy) is 3. The van der Waals surface area contributed by atoms with Crippen LogP contribution in [0.3, 0.4) is 0 Å². The molecule has 0 amide bonds. The van der Waals surface area contributed by atoms with E-state index in [1.807, 2.05) is 52.0 Å². The first-order valence-electron chi connectivity index (χ1n) is 12.0. The molecule has 1 saturated heterocycles. The molecule has 0 bridgehead atoms. The number of Topliss-reactive ketones (excluding diaryl/α,β-unsaturated/α-hetero) is 2. The van der Waals surface area contributed by atoms with Gasteiger partial charge < -0.3 is 14.2 Å². The van der Waals surface area contributed by atoms with E-state index in [9.17, 15) is 9.59 Å². The van der Waals surface area contributed by atoms with Gasteiger partial charge in [-0.2, -0.15) is 0 Å². The maximum absolute atomic E-state index is 11.4. The van der Waals surface area contributed by atoms with Gasteiger partial charge in [0, 0.05) is 36.1 Å². The molecular formula is C28H38BrNO5. The lowest BCUT2D eigenvalue weighted by Crippen LogP contribution is -2.38. The number of alkyl halides is 1. The van der Waals surface area contributed by atoms with E-state index in [2.05, 4.69) is 20.8 Å². The third kappa shape index (κ3) is 9.06. The molecule has 6 nitrogen and oxygen atoms in total. The second-order valence-electron chi connectivity index (χ2n) is 8.83. The van der Waals surface area contributed by atoms with Gasteiger partial charge in [-0.25, -0.2) is 0 Å². The van der Waals surface area contributed by atoms with Crippen molar-refractivity contribution in [3.63, 3.8) is 0 Å². The normalized spacial score (nSPS) is 13.6. The van der Waals surface area contributed by atoms with Gasteiger partial charge in [0.2, 0.25) is 0 Å². The molecule has 1 aliphatic rings. The minimum atomic E-state index is 0.0910. The van der Waals surface area contributed by atoms with E-state index in [4.69, 9.17) is 14.2 Å². The number of carbonyl (C=O) groups is 2. The van der Waals surface area contributed by atoms with Gasteiger partial charge in [-0.15, -0.1) is 0 Å². The zero-order chi connectivity index (χ0) is 26.0. The Morgan fingerprint density at radius 1 is 0.800 bits per heavy atom. The van der Waals surface area contributed by atoms with Gasteiger partial charge in [0.15, 0.2) is 11.6 Å². The first kappa shape index (κ1) is 29.0. The summed E-state index contributed by atoms with van der Waals surface area (Å²) < 4.78 is 16.8. The number of ketones is 2. The highest BCUT2D eigenvalue weighted by Gasteiger charge is 2.12. The maximum Gasteiger partial charge on any atom is 0.159 e. The fraction of sp³-hybridized carbons (Fsp3) is 0.500. The highest BCUT2D eigenvalue weighted by molar-refractivity contribution is 9.09. The van der Waals surface area contributed by atoms with Crippen LogP contribution in [0.25, 0.3) is 0 Å². The number of halogens is 1. The summed E-state index contributed by atoms with van der Waals surface area (Å²) in [5, 5.41) is 0.806. The van der Waals surface area contributed by atoms with Gasteiger partial charge in [-0.3, -0.25) is 14.5 Å². The molecule has 0 aromatic heterocycles. The zero-order valence-electron chi connectivity index (χ0n) is 21.8. The SMILES string of the molecule is CC(=O)c1cc(C)c(OCCBr)c(C)c1.CC(=O)c1cc(C)c(OCCN2CCOCC2)c(C)c1. The second kappa shape index (κ2) is 14.4. The van der Waals surface area contributed by atoms with Crippen molar-refractivity contribution in [3.8, 4) is 11.5 Å². The summed E-state index contributed by atoms with van der Waals surface area (Å²) in [5.41, 5.74) is 5.58. The van der Waals surface area contributed by atoms with Gasteiger partial charge in [0.25, 0.3) is 0 Å². The van der Waals surface area contributed by atoms with Crippen LogP contribution in [0.15, 0.2) is 24.3 Å². The number of morpholine rings is 1. The highest BCUT2D eigenvalue weighted by atomic mass is 79.9. The van der Waals surface area contributed by atoms with Crippen molar-refractivity contribution in [1.82, 2.24) is 4.90 Å². The smallest absolute Gasteiger partial charge is 0.159 e. The summed E-state index contributed by atoms with van der Waals surface area (Å²) in [6.45, 7) is 16.9. The highest BCUT2D eigenvalue weighted by Crippen LogP contribution is 2.26. The van der Waals surface area contributed by atoms with Crippen molar-refractivity contribution >= 4 is 27.5 Å². The molecule has 0 radical (unpaired) electrons. The van der Waals surface area contributed by atoms with E-state index >= 15 is 0 Å². The van der Waals surface area contributed by atoms with Gasteiger partial charge >= 0.3 is 0 Å². The second-order valence-corrected chi connectivity index (χ2v) is 9.62. The molecule has 0 unspecified atom stereocenters. The lowest BCUT2D eigenvalue weighted by molar-refractivity contribution is 0.0322. The first-order chi connectivity index (χ1) is 16.6. The standard InChI is InChI=1S/C16H23NO3.C12H15BrO2/c1-12-10-15(14(3)18)11-13(2)16(12)20-9-6-17-4-7-19-8-5-17;1-8-6-11(10(3)14)7-9(2)12(8)15-5-4-13/h10-11H,4-9H2,1-3H3;6-7H,4-5H2,1-3H3. The monoisotopic (exact) mass is 547 g/mol. The first-order valence-corrected chi connectivity index (χ1v) is 13.1. The third-order valence-electron chi connectivity index (χ3n) is 5.81. The molecule has 35 heavy (non-hydrogen) atoms. The molecule has 3 rings (SSSR count). The fourth-order valence-corrected chi connectivity index (χ4v) is 4.17. The van der Waals surface area contributed by atoms with E-state index in [0.29, 0.717) is 13.2 Å². The molecule has 1 fully saturated rings. The molecule has 0 spiro atoms. The topological polar surface area (TPSA) is 65.1 Å². The molecule has 1 aliphatic heterocycles. The van der Waals surface area contributed by atoms with Gasteiger partial charge in [0.1, 0.15) is 18.1 Å². The number of nitrogens with zero attached hydrogens (tertiary/aromatic N) is 1. The number of hydrogen-bond acceptors (Lipinski definition) is 6. The van der Waals surface area contributed by atoms with Crippen molar-refractivity contribution < 1.29 is 23.8 Å². The van der Waals surface area contributed by atoms with Crippen molar-refractivity contribution in [1.29, 1.82) is 0 Å².